The summed E-state index contributed by atoms with van der Waals surface area (Å²) in [5.41, 5.74) is 2.49. The number of piperidine rings is 1. The summed E-state index contributed by atoms with van der Waals surface area (Å²) in [6.45, 7) is 3.73. The SMILES string of the molecule is O=C(NC1CCCC1)C1CC[NH+](Cc2cccc(OCc3ccccc3)c2)CC1. The van der Waals surface area contributed by atoms with Gasteiger partial charge in [0.15, 0.2) is 0 Å². The van der Waals surface area contributed by atoms with Crippen LogP contribution in [-0.2, 0) is 17.9 Å². The molecule has 4 nitrogen and oxygen atoms in total. The van der Waals surface area contributed by atoms with Crippen LogP contribution >= 0.6 is 0 Å². The molecule has 2 fully saturated rings. The number of carbonyl (C=O) groups is 1. The highest BCUT2D eigenvalue weighted by Gasteiger charge is 2.29. The Morgan fingerprint density at radius 3 is 2.41 bits per heavy atom. The van der Waals surface area contributed by atoms with Crippen LogP contribution in [0.1, 0.15) is 49.7 Å². The highest BCUT2D eigenvalue weighted by atomic mass is 16.5. The van der Waals surface area contributed by atoms with Crippen LogP contribution in [0.2, 0.25) is 0 Å². The van der Waals surface area contributed by atoms with Gasteiger partial charge >= 0.3 is 0 Å². The summed E-state index contributed by atoms with van der Waals surface area (Å²) in [7, 11) is 0. The lowest BCUT2D eigenvalue weighted by molar-refractivity contribution is -0.919. The second-order valence-corrected chi connectivity index (χ2v) is 8.61. The predicted molar refractivity (Wildman–Crippen MR) is 115 cm³/mol. The summed E-state index contributed by atoms with van der Waals surface area (Å²) < 4.78 is 5.97. The van der Waals surface area contributed by atoms with Crippen molar-refractivity contribution in [1.29, 1.82) is 0 Å². The quantitative estimate of drug-likeness (QED) is 0.759. The van der Waals surface area contributed by atoms with Crippen LogP contribution in [0.4, 0.5) is 0 Å². The van der Waals surface area contributed by atoms with E-state index in [0.717, 1.165) is 38.2 Å². The van der Waals surface area contributed by atoms with E-state index < -0.39 is 0 Å². The first-order chi connectivity index (χ1) is 14.3. The molecule has 2 aromatic carbocycles. The van der Waals surface area contributed by atoms with E-state index in [1.165, 1.54) is 36.8 Å². The van der Waals surface area contributed by atoms with Crippen molar-refractivity contribution in [3.63, 3.8) is 0 Å². The Bertz CT molecular complexity index is 778. The van der Waals surface area contributed by atoms with Crippen molar-refractivity contribution in [3.8, 4) is 5.75 Å². The molecule has 1 amide bonds. The number of carbonyl (C=O) groups excluding carboxylic acids is 1. The molecule has 4 rings (SSSR count). The Morgan fingerprint density at radius 1 is 0.931 bits per heavy atom. The standard InChI is InChI=1S/C25H32N2O2/c28-25(26-23-10-4-5-11-23)22-13-15-27(16-14-22)18-21-9-6-12-24(17-21)29-19-20-7-2-1-3-8-20/h1-3,6-9,12,17,22-23H,4-5,10-11,13-16,18-19H2,(H,26,28)/p+1. The summed E-state index contributed by atoms with van der Waals surface area (Å²) in [5, 5.41) is 3.28. The molecule has 1 heterocycles. The minimum Gasteiger partial charge on any atom is -0.489 e. The molecule has 0 atom stereocenters. The van der Waals surface area contributed by atoms with Crippen LogP contribution in [0.5, 0.6) is 5.75 Å². The zero-order chi connectivity index (χ0) is 19.9. The van der Waals surface area contributed by atoms with Gasteiger partial charge < -0.3 is 15.0 Å². The largest absolute Gasteiger partial charge is 0.489 e. The summed E-state index contributed by atoms with van der Waals surface area (Å²) in [5.74, 6) is 1.43. The van der Waals surface area contributed by atoms with Crippen molar-refractivity contribution >= 4 is 5.91 Å². The first-order valence-electron chi connectivity index (χ1n) is 11.2. The lowest BCUT2D eigenvalue weighted by atomic mass is 9.95. The Balaban J connectivity index is 1.23. The maximum absolute atomic E-state index is 12.5. The van der Waals surface area contributed by atoms with E-state index in [9.17, 15) is 4.79 Å². The number of hydrogen-bond acceptors (Lipinski definition) is 2. The fourth-order valence-electron chi connectivity index (χ4n) is 4.63. The molecular weight excluding hydrogens is 360 g/mol. The van der Waals surface area contributed by atoms with Crippen LogP contribution in [0.3, 0.4) is 0 Å². The summed E-state index contributed by atoms with van der Waals surface area (Å²) in [4.78, 5) is 14.1. The first kappa shape index (κ1) is 20.0. The third kappa shape index (κ3) is 5.83. The van der Waals surface area contributed by atoms with Gasteiger partial charge in [0, 0.05) is 30.4 Å². The molecule has 2 aromatic rings. The van der Waals surface area contributed by atoms with Crippen LogP contribution in [0.15, 0.2) is 54.6 Å². The summed E-state index contributed by atoms with van der Waals surface area (Å²) >= 11 is 0. The van der Waals surface area contributed by atoms with Gasteiger partial charge in [0.1, 0.15) is 18.9 Å². The van der Waals surface area contributed by atoms with E-state index >= 15 is 0 Å². The molecule has 29 heavy (non-hydrogen) atoms. The molecule has 0 unspecified atom stereocenters. The molecule has 1 aliphatic heterocycles. The lowest BCUT2D eigenvalue weighted by Crippen LogP contribution is -3.11. The van der Waals surface area contributed by atoms with E-state index in [1.54, 1.807) is 4.90 Å². The highest BCUT2D eigenvalue weighted by Crippen LogP contribution is 2.20. The highest BCUT2D eigenvalue weighted by molar-refractivity contribution is 5.79. The van der Waals surface area contributed by atoms with E-state index in [2.05, 4.69) is 35.6 Å². The molecule has 2 aliphatic rings. The average molecular weight is 394 g/mol. The Morgan fingerprint density at radius 2 is 1.66 bits per heavy atom. The van der Waals surface area contributed by atoms with Gasteiger partial charge in [-0.3, -0.25) is 4.79 Å². The van der Waals surface area contributed by atoms with Crippen LogP contribution in [-0.4, -0.2) is 25.0 Å². The fourth-order valence-corrected chi connectivity index (χ4v) is 4.63. The normalized spacial score (nSPS) is 22.3. The zero-order valence-corrected chi connectivity index (χ0v) is 17.2. The van der Waals surface area contributed by atoms with Gasteiger partial charge in [0.05, 0.1) is 13.1 Å². The fraction of sp³-hybridized carbons (Fsp3) is 0.480. The van der Waals surface area contributed by atoms with Gasteiger partial charge in [-0.05, 0) is 30.5 Å². The molecule has 1 saturated carbocycles. The lowest BCUT2D eigenvalue weighted by Gasteiger charge is -2.29. The average Bonchev–Trinajstić information content (AvgIpc) is 3.27. The molecular formula is C25H33N2O2+. The van der Waals surface area contributed by atoms with Gasteiger partial charge in [-0.1, -0.05) is 55.3 Å². The van der Waals surface area contributed by atoms with Crippen LogP contribution in [0.25, 0.3) is 0 Å². The first-order valence-corrected chi connectivity index (χ1v) is 11.2. The topological polar surface area (TPSA) is 42.8 Å². The Hall–Kier alpha value is -2.33. The molecule has 0 radical (unpaired) electrons. The third-order valence-electron chi connectivity index (χ3n) is 6.37. The van der Waals surface area contributed by atoms with Crippen molar-refractivity contribution in [2.24, 2.45) is 5.92 Å². The summed E-state index contributed by atoms with van der Waals surface area (Å²) in [6.07, 6.45) is 6.86. The van der Waals surface area contributed by atoms with E-state index in [4.69, 9.17) is 4.74 Å². The molecule has 0 spiro atoms. The smallest absolute Gasteiger partial charge is 0.223 e. The van der Waals surface area contributed by atoms with Gasteiger partial charge in [-0.2, -0.15) is 0 Å². The van der Waals surface area contributed by atoms with Crippen molar-refractivity contribution in [1.82, 2.24) is 5.32 Å². The molecule has 0 aromatic heterocycles. The molecule has 1 saturated heterocycles. The van der Waals surface area contributed by atoms with Crippen LogP contribution in [0, 0.1) is 5.92 Å². The van der Waals surface area contributed by atoms with Crippen molar-refractivity contribution in [2.45, 2.75) is 57.7 Å². The molecule has 0 bridgehead atoms. The number of likely N-dealkylation sites (tertiary alicyclic amines) is 1. The minimum absolute atomic E-state index is 0.208. The number of hydrogen-bond donors (Lipinski definition) is 2. The second kappa shape index (κ2) is 9.93. The maximum atomic E-state index is 12.5. The monoisotopic (exact) mass is 393 g/mol. The van der Waals surface area contributed by atoms with Gasteiger partial charge in [0.25, 0.3) is 0 Å². The maximum Gasteiger partial charge on any atom is 0.223 e. The van der Waals surface area contributed by atoms with Crippen molar-refractivity contribution < 1.29 is 14.4 Å². The van der Waals surface area contributed by atoms with Crippen molar-refractivity contribution in [2.75, 3.05) is 13.1 Å². The second-order valence-electron chi connectivity index (χ2n) is 8.61. The Kier molecular flexibility index (Phi) is 6.83. The van der Waals surface area contributed by atoms with Gasteiger partial charge in [0.2, 0.25) is 5.91 Å². The van der Waals surface area contributed by atoms with E-state index in [0.29, 0.717) is 18.6 Å². The molecule has 2 N–H and O–H groups in total. The van der Waals surface area contributed by atoms with E-state index in [-0.39, 0.29) is 5.92 Å². The third-order valence-corrected chi connectivity index (χ3v) is 6.37. The summed E-state index contributed by atoms with van der Waals surface area (Å²) in [6, 6.07) is 19.2. The molecule has 154 valence electrons. The van der Waals surface area contributed by atoms with Gasteiger partial charge in [-0.15, -0.1) is 0 Å². The predicted octanol–water partition coefficient (Wildman–Crippen LogP) is 3.12. The molecule has 1 aliphatic carbocycles. The van der Waals surface area contributed by atoms with Crippen molar-refractivity contribution in [3.05, 3.63) is 65.7 Å². The number of rotatable bonds is 7. The number of amides is 1. The number of ether oxygens (including phenoxy) is 1. The van der Waals surface area contributed by atoms with Gasteiger partial charge in [-0.25, -0.2) is 0 Å². The minimum atomic E-state index is 0.208. The zero-order valence-electron chi connectivity index (χ0n) is 17.2. The Labute approximate surface area is 174 Å². The van der Waals surface area contributed by atoms with E-state index in [1.807, 2.05) is 24.3 Å². The molecule has 4 heteroatoms. The van der Waals surface area contributed by atoms with Crippen LogP contribution < -0.4 is 15.0 Å². The number of quaternary nitrogens is 1. The number of nitrogens with one attached hydrogen (secondary N) is 2. The number of benzene rings is 2.